The zero-order valence-corrected chi connectivity index (χ0v) is 11.3. The average Bonchev–Trinajstić information content (AvgIpc) is 2.45. The summed E-state index contributed by atoms with van der Waals surface area (Å²) in [7, 11) is 0. The Kier molecular flexibility index (Phi) is 4.85. The quantitative estimate of drug-likeness (QED) is 0.859. The first-order chi connectivity index (χ1) is 9.16. The Balaban J connectivity index is 1.83. The first-order valence-corrected chi connectivity index (χ1v) is 6.91. The molecule has 1 aliphatic rings. The number of aromatic nitrogens is 2. The van der Waals surface area contributed by atoms with Crippen molar-refractivity contribution in [2.45, 2.75) is 51.7 Å². The molecule has 0 spiro atoms. The fourth-order valence-electron chi connectivity index (χ4n) is 2.55. The van der Waals surface area contributed by atoms with Gasteiger partial charge in [0.2, 0.25) is 5.91 Å². The van der Waals surface area contributed by atoms with E-state index in [1.165, 1.54) is 6.42 Å². The molecule has 2 N–H and O–H groups in total. The Hall–Kier alpha value is -1.49. The van der Waals surface area contributed by atoms with Crippen LogP contribution in [0.4, 0.5) is 0 Å². The number of aryl methyl sites for hydroxylation is 1. The van der Waals surface area contributed by atoms with Crippen LogP contribution in [0.1, 0.15) is 43.6 Å². The topological polar surface area (TPSA) is 75.1 Å². The van der Waals surface area contributed by atoms with Gasteiger partial charge in [-0.25, -0.2) is 9.97 Å². The van der Waals surface area contributed by atoms with Gasteiger partial charge in [0.25, 0.3) is 0 Å². The summed E-state index contributed by atoms with van der Waals surface area (Å²) >= 11 is 0. The molecule has 1 atom stereocenters. The molecular formula is C14H21N3O2. The highest BCUT2D eigenvalue weighted by molar-refractivity contribution is 5.80. The smallest absolute Gasteiger partial charge is 0.249 e. The highest BCUT2D eigenvalue weighted by Gasteiger charge is 2.27. The molecule has 2 rings (SSSR count). The number of rotatable bonds is 4. The second-order valence-corrected chi connectivity index (χ2v) is 5.16. The molecule has 104 valence electrons. The molecule has 5 nitrogen and oxygen atoms in total. The van der Waals surface area contributed by atoms with Crippen LogP contribution in [0.15, 0.2) is 12.3 Å². The second kappa shape index (κ2) is 6.61. The predicted octanol–water partition coefficient (Wildman–Crippen LogP) is 1.34. The molecule has 1 unspecified atom stereocenters. The molecule has 1 aromatic heterocycles. The predicted molar refractivity (Wildman–Crippen MR) is 71.2 cm³/mol. The molecule has 1 amide bonds. The van der Waals surface area contributed by atoms with Crippen LogP contribution in [0.3, 0.4) is 0 Å². The molecule has 0 radical (unpaired) electrons. The minimum atomic E-state index is -0.886. The number of nitrogens with one attached hydrogen (secondary N) is 1. The third-order valence-corrected chi connectivity index (χ3v) is 3.64. The van der Waals surface area contributed by atoms with E-state index in [2.05, 4.69) is 15.3 Å². The molecule has 5 heteroatoms. The lowest BCUT2D eigenvalue weighted by atomic mass is 9.85. The van der Waals surface area contributed by atoms with Crippen LogP contribution >= 0.6 is 0 Å². The summed E-state index contributed by atoms with van der Waals surface area (Å²) < 4.78 is 0. The van der Waals surface area contributed by atoms with E-state index in [-0.39, 0.29) is 11.8 Å². The maximum Gasteiger partial charge on any atom is 0.249 e. The number of amides is 1. The van der Waals surface area contributed by atoms with E-state index in [0.29, 0.717) is 12.4 Å². The van der Waals surface area contributed by atoms with Gasteiger partial charge in [-0.05, 0) is 31.7 Å². The van der Waals surface area contributed by atoms with Crippen molar-refractivity contribution in [3.63, 3.8) is 0 Å². The number of aliphatic hydroxyl groups is 1. The van der Waals surface area contributed by atoms with Crippen LogP contribution in [0.25, 0.3) is 0 Å². The van der Waals surface area contributed by atoms with Gasteiger partial charge in [-0.3, -0.25) is 4.79 Å². The van der Waals surface area contributed by atoms with E-state index in [4.69, 9.17) is 0 Å². The van der Waals surface area contributed by atoms with Crippen molar-refractivity contribution >= 4 is 5.91 Å². The molecule has 19 heavy (non-hydrogen) atoms. The molecule has 0 saturated heterocycles. The Morgan fingerprint density at radius 1 is 1.47 bits per heavy atom. The van der Waals surface area contributed by atoms with Crippen LogP contribution in [-0.4, -0.2) is 27.1 Å². The minimum absolute atomic E-state index is 0.112. The van der Waals surface area contributed by atoms with Gasteiger partial charge in [-0.15, -0.1) is 0 Å². The minimum Gasteiger partial charge on any atom is -0.383 e. The number of hydrogen-bond acceptors (Lipinski definition) is 4. The van der Waals surface area contributed by atoms with E-state index in [0.717, 1.165) is 31.4 Å². The second-order valence-electron chi connectivity index (χ2n) is 5.16. The van der Waals surface area contributed by atoms with Gasteiger partial charge in [0.05, 0.1) is 12.2 Å². The van der Waals surface area contributed by atoms with Crippen molar-refractivity contribution in [3.8, 4) is 0 Å². The maximum absolute atomic E-state index is 11.9. The third kappa shape index (κ3) is 3.99. The van der Waals surface area contributed by atoms with E-state index in [1.807, 2.05) is 6.92 Å². The van der Waals surface area contributed by atoms with Crippen molar-refractivity contribution in [2.75, 3.05) is 0 Å². The summed E-state index contributed by atoms with van der Waals surface area (Å²) in [4.78, 5) is 20.1. The normalized spacial score (nSPS) is 18.0. The van der Waals surface area contributed by atoms with Crippen molar-refractivity contribution in [1.29, 1.82) is 0 Å². The van der Waals surface area contributed by atoms with Gasteiger partial charge < -0.3 is 10.4 Å². The fourth-order valence-corrected chi connectivity index (χ4v) is 2.55. The SMILES string of the molecule is Cc1nccc(CNC(=O)C(O)C2CCCCC2)n1. The van der Waals surface area contributed by atoms with E-state index in [1.54, 1.807) is 12.3 Å². The van der Waals surface area contributed by atoms with Crippen LogP contribution in [-0.2, 0) is 11.3 Å². The van der Waals surface area contributed by atoms with Gasteiger partial charge in [0.15, 0.2) is 0 Å². The van der Waals surface area contributed by atoms with Gasteiger partial charge in [0.1, 0.15) is 11.9 Å². The number of nitrogens with zero attached hydrogens (tertiary/aromatic N) is 2. The lowest BCUT2D eigenvalue weighted by Crippen LogP contribution is -2.39. The summed E-state index contributed by atoms with van der Waals surface area (Å²) in [6.45, 7) is 2.15. The lowest BCUT2D eigenvalue weighted by Gasteiger charge is -2.25. The van der Waals surface area contributed by atoms with E-state index in [9.17, 15) is 9.90 Å². The largest absolute Gasteiger partial charge is 0.383 e. The average molecular weight is 263 g/mol. The molecule has 0 aromatic carbocycles. The summed E-state index contributed by atoms with van der Waals surface area (Å²) in [5, 5.41) is 12.8. The molecular weight excluding hydrogens is 242 g/mol. The zero-order valence-electron chi connectivity index (χ0n) is 11.3. The maximum atomic E-state index is 11.9. The van der Waals surface area contributed by atoms with Crippen molar-refractivity contribution < 1.29 is 9.90 Å². The van der Waals surface area contributed by atoms with Gasteiger partial charge in [-0.1, -0.05) is 19.3 Å². The summed E-state index contributed by atoms with van der Waals surface area (Å²) in [6.07, 6.45) is 6.11. The number of aliphatic hydroxyl groups excluding tert-OH is 1. The van der Waals surface area contributed by atoms with Crippen LogP contribution in [0, 0.1) is 12.8 Å². The fraction of sp³-hybridized carbons (Fsp3) is 0.643. The Bertz CT molecular complexity index is 430. The third-order valence-electron chi connectivity index (χ3n) is 3.64. The Morgan fingerprint density at radius 2 is 2.21 bits per heavy atom. The van der Waals surface area contributed by atoms with Gasteiger partial charge in [0, 0.05) is 6.20 Å². The van der Waals surface area contributed by atoms with Crippen LogP contribution in [0.5, 0.6) is 0 Å². The standard InChI is InChI=1S/C14H21N3O2/c1-10-15-8-7-12(17-10)9-16-14(19)13(18)11-5-3-2-4-6-11/h7-8,11,13,18H,2-6,9H2,1H3,(H,16,19). The van der Waals surface area contributed by atoms with Crippen LogP contribution < -0.4 is 5.32 Å². The van der Waals surface area contributed by atoms with Gasteiger partial charge >= 0.3 is 0 Å². The van der Waals surface area contributed by atoms with E-state index >= 15 is 0 Å². The van der Waals surface area contributed by atoms with Crippen molar-refractivity contribution in [2.24, 2.45) is 5.92 Å². The molecule has 0 aliphatic heterocycles. The first kappa shape index (κ1) is 13.9. The molecule has 1 fully saturated rings. The highest BCUT2D eigenvalue weighted by atomic mass is 16.3. The molecule has 1 aliphatic carbocycles. The zero-order chi connectivity index (χ0) is 13.7. The molecule has 1 heterocycles. The number of carbonyl (C=O) groups excluding carboxylic acids is 1. The summed E-state index contributed by atoms with van der Waals surface area (Å²) in [5.41, 5.74) is 0.761. The van der Waals surface area contributed by atoms with E-state index < -0.39 is 6.10 Å². The lowest BCUT2D eigenvalue weighted by molar-refractivity contribution is -0.132. The van der Waals surface area contributed by atoms with Crippen molar-refractivity contribution in [3.05, 3.63) is 23.8 Å². The Morgan fingerprint density at radius 3 is 2.89 bits per heavy atom. The molecule has 1 saturated carbocycles. The highest BCUT2D eigenvalue weighted by Crippen LogP contribution is 2.26. The Labute approximate surface area is 113 Å². The number of hydrogen-bond donors (Lipinski definition) is 2. The molecule has 1 aromatic rings. The summed E-state index contributed by atoms with van der Waals surface area (Å²) in [6, 6.07) is 1.76. The number of carbonyl (C=O) groups is 1. The van der Waals surface area contributed by atoms with Gasteiger partial charge in [-0.2, -0.15) is 0 Å². The van der Waals surface area contributed by atoms with Crippen LogP contribution in [0.2, 0.25) is 0 Å². The molecule has 0 bridgehead atoms. The monoisotopic (exact) mass is 263 g/mol. The summed E-state index contributed by atoms with van der Waals surface area (Å²) in [5.74, 6) is 0.503. The van der Waals surface area contributed by atoms with Crippen molar-refractivity contribution in [1.82, 2.24) is 15.3 Å². The first-order valence-electron chi connectivity index (χ1n) is 6.91.